The lowest BCUT2D eigenvalue weighted by Crippen LogP contribution is -2.32. The molecule has 1 rings (SSSR count). The van der Waals surface area contributed by atoms with Gasteiger partial charge in [0.2, 0.25) is 0 Å². The van der Waals surface area contributed by atoms with E-state index in [1.807, 2.05) is 0 Å². The van der Waals surface area contributed by atoms with Gasteiger partial charge >= 0.3 is 0 Å². The van der Waals surface area contributed by atoms with Crippen LogP contribution in [-0.2, 0) is 9.47 Å². The summed E-state index contributed by atoms with van der Waals surface area (Å²) in [6, 6.07) is 0. The molecule has 0 aliphatic carbocycles. The Balaban J connectivity index is 2.29. The van der Waals surface area contributed by atoms with Crippen molar-refractivity contribution in [2.75, 3.05) is 6.61 Å². The summed E-state index contributed by atoms with van der Waals surface area (Å²) >= 11 is 0. The Kier molecular flexibility index (Phi) is 18.2. The highest BCUT2D eigenvalue weighted by molar-refractivity contribution is 4.72. The van der Waals surface area contributed by atoms with Crippen molar-refractivity contribution in [3.05, 3.63) is 0 Å². The van der Waals surface area contributed by atoms with E-state index in [1.165, 1.54) is 89.9 Å². The Morgan fingerprint density at radius 2 is 1.37 bits per heavy atom. The second-order valence-electron chi connectivity index (χ2n) is 9.80. The van der Waals surface area contributed by atoms with Crippen LogP contribution in [0.25, 0.3) is 0 Å². The SMILES string of the molecule is CCCCCCCCCCCC(CC(O)[C@H](C)CCCCCC)OC1CCCCO1. The molecule has 1 saturated heterocycles. The molecule has 0 amide bonds. The van der Waals surface area contributed by atoms with Gasteiger partial charge in [0.15, 0.2) is 6.29 Å². The first-order valence-corrected chi connectivity index (χ1v) is 13.6. The third-order valence-corrected chi connectivity index (χ3v) is 6.79. The summed E-state index contributed by atoms with van der Waals surface area (Å²) in [4.78, 5) is 0. The van der Waals surface area contributed by atoms with E-state index in [0.29, 0.717) is 5.92 Å². The Hall–Kier alpha value is -0.120. The van der Waals surface area contributed by atoms with Gasteiger partial charge in [0.1, 0.15) is 0 Å². The summed E-state index contributed by atoms with van der Waals surface area (Å²) in [6.45, 7) is 7.57. The van der Waals surface area contributed by atoms with Gasteiger partial charge < -0.3 is 14.6 Å². The van der Waals surface area contributed by atoms with Gasteiger partial charge in [-0.25, -0.2) is 0 Å². The average Bonchev–Trinajstić information content (AvgIpc) is 2.76. The van der Waals surface area contributed by atoms with Gasteiger partial charge in [-0.05, 0) is 44.4 Å². The first-order chi connectivity index (χ1) is 14.7. The standard InChI is InChI=1S/C27H54O3/c1-4-6-8-10-11-12-13-14-16-20-25(30-27-21-17-18-22-29-27)23-26(28)24(3)19-15-9-7-5-2/h24-28H,4-23H2,1-3H3/t24-,25?,26?,27?/m1/s1. The van der Waals surface area contributed by atoms with E-state index in [2.05, 4.69) is 20.8 Å². The molecule has 1 fully saturated rings. The molecule has 4 atom stereocenters. The van der Waals surface area contributed by atoms with Gasteiger partial charge in [-0.15, -0.1) is 0 Å². The molecular formula is C27H54O3. The normalized spacial score (nSPS) is 20.2. The lowest BCUT2D eigenvalue weighted by atomic mass is 9.92. The lowest BCUT2D eigenvalue weighted by molar-refractivity contribution is -0.195. The van der Waals surface area contributed by atoms with Crippen molar-refractivity contribution in [1.29, 1.82) is 0 Å². The highest BCUT2D eigenvalue weighted by Crippen LogP contribution is 2.24. The second-order valence-corrected chi connectivity index (χ2v) is 9.80. The van der Waals surface area contributed by atoms with E-state index in [0.717, 1.165) is 38.7 Å². The minimum atomic E-state index is -0.251. The monoisotopic (exact) mass is 426 g/mol. The number of hydrogen-bond donors (Lipinski definition) is 1. The highest BCUT2D eigenvalue weighted by atomic mass is 16.7. The molecule has 1 heterocycles. The summed E-state index contributed by atoms with van der Waals surface area (Å²) in [5.74, 6) is 0.364. The predicted molar refractivity (Wildman–Crippen MR) is 129 cm³/mol. The van der Waals surface area contributed by atoms with E-state index in [4.69, 9.17) is 9.47 Å². The number of unbranched alkanes of at least 4 members (excludes halogenated alkanes) is 11. The second kappa shape index (κ2) is 19.6. The van der Waals surface area contributed by atoms with Gasteiger partial charge in [-0.2, -0.15) is 0 Å². The van der Waals surface area contributed by atoms with Gasteiger partial charge in [0, 0.05) is 6.61 Å². The van der Waals surface area contributed by atoms with Crippen LogP contribution in [0.15, 0.2) is 0 Å². The summed E-state index contributed by atoms with van der Waals surface area (Å²) < 4.78 is 12.2. The molecule has 0 bridgehead atoms. The molecular weight excluding hydrogens is 372 g/mol. The Bertz CT molecular complexity index is 354. The highest BCUT2D eigenvalue weighted by Gasteiger charge is 2.24. The molecule has 0 aromatic heterocycles. The van der Waals surface area contributed by atoms with Crippen LogP contribution in [0.4, 0.5) is 0 Å². The van der Waals surface area contributed by atoms with Crippen LogP contribution in [-0.4, -0.2) is 30.2 Å². The number of aliphatic hydroxyl groups is 1. The largest absolute Gasteiger partial charge is 0.393 e. The minimum Gasteiger partial charge on any atom is -0.393 e. The average molecular weight is 427 g/mol. The van der Waals surface area contributed by atoms with Crippen molar-refractivity contribution in [1.82, 2.24) is 0 Å². The molecule has 1 N–H and O–H groups in total. The maximum absolute atomic E-state index is 10.8. The Morgan fingerprint density at radius 3 is 1.97 bits per heavy atom. The van der Waals surface area contributed by atoms with Crippen molar-refractivity contribution in [2.45, 2.75) is 161 Å². The van der Waals surface area contributed by atoms with E-state index in [1.54, 1.807) is 0 Å². The number of hydrogen-bond acceptors (Lipinski definition) is 3. The molecule has 30 heavy (non-hydrogen) atoms. The van der Waals surface area contributed by atoms with Crippen LogP contribution in [0.5, 0.6) is 0 Å². The van der Waals surface area contributed by atoms with Gasteiger partial charge in [0.25, 0.3) is 0 Å². The van der Waals surface area contributed by atoms with Crippen LogP contribution in [0, 0.1) is 5.92 Å². The molecule has 3 nitrogen and oxygen atoms in total. The van der Waals surface area contributed by atoms with Crippen LogP contribution >= 0.6 is 0 Å². The van der Waals surface area contributed by atoms with Crippen molar-refractivity contribution in [3.63, 3.8) is 0 Å². The minimum absolute atomic E-state index is 0.0469. The Labute approximate surface area is 188 Å². The molecule has 0 aromatic rings. The van der Waals surface area contributed by atoms with Gasteiger partial charge in [-0.1, -0.05) is 104 Å². The molecule has 180 valence electrons. The zero-order valence-corrected chi connectivity index (χ0v) is 20.7. The summed E-state index contributed by atoms with van der Waals surface area (Å²) in [5, 5.41) is 10.8. The summed E-state index contributed by atoms with van der Waals surface area (Å²) in [6.07, 6.45) is 23.4. The lowest BCUT2D eigenvalue weighted by Gasteiger charge is -2.30. The molecule has 1 aliphatic heterocycles. The third kappa shape index (κ3) is 14.8. The zero-order chi connectivity index (χ0) is 21.9. The number of ether oxygens (including phenoxy) is 2. The molecule has 0 spiro atoms. The fraction of sp³-hybridized carbons (Fsp3) is 1.00. The molecule has 3 unspecified atom stereocenters. The van der Waals surface area contributed by atoms with E-state index in [9.17, 15) is 5.11 Å². The van der Waals surface area contributed by atoms with Crippen LogP contribution in [0.3, 0.4) is 0 Å². The molecule has 0 radical (unpaired) electrons. The van der Waals surface area contributed by atoms with Gasteiger partial charge in [0.05, 0.1) is 12.2 Å². The fourth-order valence-electron chi connectivity index (χ4n) is 4.54. The number of rotatable bonds is 20. The van der Waals surface area contributed by atoms with E-state index in [-0.39, 0.29) is 18.5 Å². The first kappa shape index (κ1) is 27.9. The quantitative estimate of drug-likeness (QED) is 0.199. The summed E-state index contributed by atoms with van der Waals surface area (Å²) in [5.41, 5.74) is 0. The maximum Gasteiger partial charge on any atom is 0.157 e. The van der Waals surface area contributed by atoms with E-state index >= 15 is 0 Å². The molecule has 1 aliphatic rings. The van der Waals surface area contributed by atoms with Crippen LogP contribution in [0.2, 0.25) is 0 Å². The van der Waals surface area contributed by atoms with E-state index < -0.39 is 0 Å². The third-order valence-electron chi connectivity index (χ3n) is 6.79. The van der Waals surface area contributed by atoms with Crippen LogP contribution < -0.4 is 0 Å². The molecule has 0 saturated carbocycles. The van der Waals surface area contributed by atoms with Crippen molar-refractivity contribution in [2.24, 2.45) is 5.92 Å². The molecule has 3 heteroatoms. The summed E-state index contributed by atoms with van der Waals surface area (Å²) in [7, 11) is 0. The maximum atomic E-state index is 10.8. The van der Waals surface area contributed by atoms with Crippen molar-refractivity contribution >= 4 is 0 Å². The first-order valence-electron chi connectivity index (χ1n) is 13.6. The van der Waals surface area contributed by atoms with Crippen molar-refractivity contribution < 1.29 is 14.6 Å². The smallest absolute Gasteiger partial charge is 0.157 e. The van der Waals surface area contributed by atoms with Crippen molar-refractivity contribution in [3.8, 4) is 0 Å². The van der Waals surface area contributed by atoms with Crippen LogP contribution in [0.1, 0.15) is 143 Å². The fourth-order valence-corrected chi connectivity index (χ4v) is 4.54. The predicted octanol–water partition coefficient (Wildman–Crippen LogP) is 8.18. The zero-order valence-electron chi connectivity index (χ0n) is 20.7. The molecule has 0 aromatic carbocycles. The number of aliphatic hydroxyl groups excluding tert-OH is 1. The Morgan fingerprint density at radius 1 is 0.800 bits per heavy atom. The van der Waals surface area contributed by atoms with Gasteiger partial charge in [-0.3, -0.25) is 0 Å². The topological polar surface area (TPSA) is 38.7 Å².